The quantitative estimate of drug-likeness (QED) is 0.469. The van der Waals surface area contributed by atoms with E-state index in [9.17, 15) is 24.8 Å². The molecule has 1 aliphatic rings. The molecule has 0 bridgehead atoms. The molecular weight excluding hydrogens is 278 g/mol. The van der Waals surface area contributed by atoms with Gasteiger partial charge in [0.05, 0.1) is 34.5 Å². The van der Waals surface area contributed by atoms with Crippen LogP contribution in [-0.4, -0.2) is 42.6 Å². The average Bonchev–Trinajstić information content (AvgIpc) is 2.69. The van der Waals surface area contributed by atoms with Gasteiger partial charge in [-0.15, -0.1) is 11.8 Å². The number of nitrogens with zero attached hydrogens (tertiary/aromatic N) is 2. The van der Waals surface area contributed by atoms with Gasteiger partial charge in [-0.05, 0) is 0 Å². The molecule has 0 radical (unpaired) electrons. The maximum absolute atomic E-state index is 11.6. The molecule has 10 heteroatoms. The molecule has 1 aromatic rings. The molecule has 9 nitrogen and oxygen atoms in total. The van der Waals surface area contributed by atoms with E-state index in [2.05, 4.69) is 0 Å². The highest BCUT2D eigenvalue weighted by Gasteiger charge is 2.35. The Balaban J connectivity index is 2.41. The lowest BCUT2D eigenvalue weighted by Gasteiger charge is -2.11. The molecule has 0 saturated carbocycles. The predicted octanol–water partition coefficient (Wildman–Crippen LogP) is -1.20. The Hall–Kier alpha value is -1.65. The molecule has 1 saturated heterocycles. The van der Waals surface area contributed by atoms with Gasteiger partial charge in [0.1, 0.15) is 0 Å². The first kappa shape index (κ1) is 13.8. The molecule has 1 aliphatic heterocycles. The monoisotopic (exact) mass is 289 g/mol. The third-order valence-corrected chi connectivity index (χ3v) is 4.39. The SMILES string of the molecule is O=c1[nH]c(=O)n([C@@H]2CC(O)C(CO)S2)cc1[N+](=O)[O-]. The summed E-state index contributed by atoms with van der Waals surface area (Å²) in [6.45, 7) is -0.261. The number of hydrogen-bond acceptors (Lipinski definition) is 7. The van der Waals surface area contributed by atoms with Crippen LogP contribution in [0.3, 0.4) is 0 Å². The Bertz CT molecular complexity index is 611. The number of rotatable bonds is 3. The third-order valence-electron chi connectivity index (χ3n) is 2.84. The summed E-state index contributed by atoms with van der Waals surface area (Å²) in [7, 11) is 0. The molecule has 3 atom stereocenters. The second-order valence-electron chi connectivity index (χ2n) is 4.05. The largest absolute Gasteiger partial charge is 0.395 e. The lowest BCUT2D eigenvalue weighted by Crippen LogP contribution is -2.32. The van der Waals surface area contributed by atoms with Gasteiger partial charge < -0.3 is 10.2 Å². The van der Waals surface area contributed by atoms with Crippen molar-refractivity contribution < 1.29 is 15.1 Å². The number of nitrogens with one attached hydrogen (secondary N) is 1. The number of H-pyrrole nitrogens is 1. The topological polar surface area (TPSA) is 138 Å². The third kappa shape index (κ3) is 2.55. The molecule has 0 aromatic carbocycles. The van der Waals surface area contributed by atoms with E-state index >= 15 is 0 Å². The first-order chi connectivity index (χ1) is 8.93. The van der Waals surface area contributed by atoms with Crippen molar-refractivity contribution in [3.05, 3.63) is 37.1 Å². The summed E-state index contributed by atoms with van der Waals surface area (Å²) in [5, 5.41) is 28.3. The summed E-state index contributed by atoms with van der Waals surface area (Å²) < 4.78 is 1.00. The Kier molecular flexibility index (Phi) is 3.73. The van der Waals surface area contributed by atoms with Crippen molar-refractivity contribution in [2.24, 2.45) is 0 Å². The predicted molar refractivity (Wildman–Crippen MR) is 66.1 cm³/mol. The first-order valence-corrected chi connectivity index (χ1v) is 6.32. The van der Waals surface area contributed by atoms with Crippen LogP contribution in [0.5, 0.6) is 0 Å². The van der Waals surface area contributed by atoms with Crippen LogP contribution < -0.4 is 11.2 Å². The number of aromatic amines is 1. The van der Waals surface area contributed by atoms with Crippen LogP contribution in [0, 0.1) is 10.1 Å². The van der Waals surface area contributed by atoms with Gasteiger partial charge in [-0.1, -0.05) is 0 Å². The van der Waals surface area contributed by atoms with Crippen molar-refractivity contribution in [1.82, 2.24) is 9.55 Å². The number of aliphatic hydroxyl groups excluding tert-OH is 2. The molecule has 3 N–H and O–H groups in total. The summed E-state index contributed by atoms with van der Waals surface area (Å²) in [5.74, 6) is 0. The minimum Gasteiger partial charge on any atom is -0.395 e. The van der Waals surface area contributed by atoms with Crippen molar-refractivity contribution in [3.8, 4) is 0 Å². The van der Waals surface area contributed by atoms with Gasteiger partial charge in [0, 0.05) is 6.42 Å². The van der Waals surface area contributed by atoms with Gasteiger partial charge in [-0.3, -0.25) is 24.5 Å². The van der Waals surface area contributed by atoms with Crippen molar-refractivity contribution in [2.45, 2.75) is 23.1 Å². The van der Waals surface area contributed by atoms with Gasteiger partial charge in [-0.25, -0.2) is 4.79 Å². The maximum Gasteiger partial charge on any atom is 0.350 e. The molecular formula is C9H11N3O6S. The van der Waals surface area contributed by atoms with E-state index in [1.54, 1.807) is 0 Å². The smallest absolute Gasteiger partial charge is 0.350 e. The highest BCUT2D eigenvalue weighted by atomic mass is 32.2. The zero-order valence-corrected chi connectivity index (χ0v) is 10.4. The van der Waals surface area contributed by atoms with E-state index in [1.165, 1.54) is 0 Å². The molecule has 0 amide bonds. The van der Waals surface area contributed by atoms with Gasteiger partial charge >= 0.3 is 16.9 Å². The normalized spacial score (nSPS) is 26.5. The average molecular weight is 289 g/mol. The van der Waals surface area contributed by atoms with Crippen LogP contribution in [-0.2, 0) is 0 Å². The summed E-state index contributed by atoms with van der Waals surface area (Å²) in [6, 6.07) is 0. The van der Waals surface area contributed by atoms with Gasteiger partial charge in [0.2, 0.25) is 0 Å². The Morgan fingerprint density at radius 2 is 2.26 bits per heavy atom. The first-order valence-electron chi connectivity index (χ1n) is 5.38. The minimum absolute atomic E-state index is 0.166. The van der Waals surface area contributed by atoms with Gasteiger partial charge in [0.15, 0.2) is 0 Å². The fourth-order valence-electron chi connectivity index (χ4n) is 1.87. The van der Waals surface area contributed by atoms with Gasteiger partial charge in [0.25, 0.3) is 0 Å². The zero-order valence-electron chi connectivity index (χ0n) is 9.55. The van der Waals surface area contributed by atoms with Crippen molar-refractivity contribution >= 4 is 17.4 Å². The van der Waals surface area contributed by atoms with Crippen molar-refractivity contribution in [2.75, 3.05) is 6.61 Å². The summed E-state index contributed by atoms with van der Waals surface area (Å²) in [5.41, 5.74) is -2.57. The highest BCUT2D eigenvalue weighted by molar-refractivity contribution is 8.00. The van der Waals surface area contributed by atoms with Crippen LogP contribution >= 0.6 is 11.8 Å². The molecule has 0 spiro atoms. The molecule has 2 unspecified atom stereocenters. The lowest BCUT2D eigenvalue weighted by molar-refractivity contribution is -0.386. The maximum atomic E-state index is 11.6. The summed E-state index contributed by atoms with van der Waals surface area (Å²) in [4.78, 5) is 34.5. The molecule has 2 rings (SSSR count). The standard InChI is InChI=1S/C9H11N3O6S/c13-3-6-5(14)1-7(19-6)11-2-4(12(17)18)8(15)10-9(11)16/h2,5-7,13-14H,1,3H2,(H,10,15,16)/t5?,6?,7-/m0/s1. The Morgan fingerprint density at radius 3 is 2.79 bits per heavy atom. The summed E-state index contributed by atoms with van der Waals surface area (Å²) in [6.07, 6.45) is 0.225. The zero-order chi connectivity index (χ0) is 14.2. The summed E-state index contributed by atoms with van der Waals surface area (Å²) >= 11 is 1.13. The van der Waals surface area contributed by atoms with E-state index in [4.69, 9.17) is 5.11 Å². The number of thioether (sulfide) groups is 1. The second-order valence-corrected chi connectivity index (χ2v) is 5.47. The van der Waals surface area contributed by atoms with Crippen LogP contribution in [0.1, 0.15) is 11.8 Å². The van der Waals surface area contributed by atoms with Crippen molar-refractivity contribution in [3.63, 3.8) is 0 Å². The fraction of sp³-hybridized carbons (Fsp3) is 0.556. The fourth-order valence-corrected chi connectivity index (χ4v) is 3.25. The second kappa shape index (κ2) is 5.15. The number of aliphatic hydroxyl groups is 2. The molecule has 104 valence electrons. The highest BCUT2D eigenvalue weighted by Crippen LogP contribution is 2.40. The number of nitro groups is 1. The molecule has 1 aromatic heterocycles. The number of hydrogen-bond donors (Lipinski definition) is 3. The van der Waals surface area contributed by atoms with Crippen LogP contribution in [0.25, 0.3) is 0 Å². The van der Waals surface area contributed by atoms with Crippen LogP contribution in [0.4, 0.5) is 5.69 Å². The number of aromatic nitrogens is 2. The molecule has 0 aliphatic carbocycles. The van der Waals surface area contributed by atoms with E-state index in [0.717, 1.165) is 22.5 Å². The van der Waals surface area contributed by atoms with Gasteiger partial charge in [-0.2, -0.15) is 0 Å². The van der Waals surface area contributed by atoms with Crippen LogP contribution in [0.2, 0.25) is 0 Å². The van der Waals surface area contributed by atoms with E-state index in [-0.39, 0.29) is 13.0 Å². The minimum atomic E-state index is -1.06. The Labute approximate surface area is 110 Å². The lowest BCUT2D eigenvalue weighted by atomic mass is 10.2. The van der Waals surface area contributed by atoms with Crippen molar-refractivity contribution in [1.29, 1.82) is 0 Å². The van der Waals surface area contributed by atoms with E-state index < -0.39 is 38.6 Å². The van der Waals surface area contributed by atoms with E-state index in [1.807, 2.05) is 4.98 Å². The molecule has 2 heterocycles. The van der Waals surface area contributed by atoms with Crippen LogP contribution in [0.15, 0.2) is 15.8 Å². The Morgan fingerprint density at radius 1 is 1.58 bits per heavy atom. The van der Waals surface area contributed by atoms with E-state index in [0.29, 0.717) is 0 Å². The molecule has 1 fully saturated rings. The molecule has 19 heavy (non-hydrogen) atoms.